The molecule has 3 aromatic rings. The Morgan fingerprint density at radius 3 is 2.55 bits per heavy atom. The van der Waals surface area contributed by atoms with E-state index in [0.29, 0.717) is 53.6 Å². The van der Waals surface area contributed by atoms with Gasteiger partial charge in [-0.1, -0.05) is 23.7 Å². The highest BCUT2D eigenvalue weighted by atomic mass is 35.5. The van der Waals surface area contributed by atoms with Gasteiger partial charge < -0.3 is 19.3 Å². The summed E-state index contributed by atoms with van der Waals surface area (Å²) in [5, 5.41) is 0.895. The third kappa shape index (κ3) is 4.23. The fourth-order valence-electron chi connectivity index (χ4n) is 4.01. The first-order valence-corrected chi connectivity index (χ1v) is 11.0. The number of hydrogen-bond acceptors (Lipinski definition) is 6. The molecule has 1 aromatic heterocycles. The second-order valence-corrected chi connectivity index (χ2v) is 8.35. The van der Waals surface area contributed by atoms with Gasteiger partial charge in [0.05, 0.1) is 17.2 Å². The molecule has 1 atom stereocenters. The van der Waals surface area contributed by atoms with Crippen LogP contribution in [-0.4, -0.2) is 70.1 Å². The topological polar surface area (TPSA) is 94.0 Å². The van der Waals surface area contributed by atoms with Crippen molar-refractivity contribution in [2.75, 3.05) is 32.8 Å². The van der Waals surface area contributed by atoms with Crippen LogP contribution in [0.4, 0.5) is 0 Å². The smallest absolute Gasteiger partial charge is 0.267 e. The first kappa shape index (κ1) is 21.3. The number of halogens is 1. The van der Waals surface area contributed by atoms with Crippen LogP contribution in [0.25, 0.3) is 10.9 Å². The summed E-state index contributed by atoms with van der Waals surface area (Å²) in [5.74, 6) is 0.807. The van der Waals surface area contributed by atoms with Crippen LogP contribution >= 0.6 is 11.6 Å². The van der Waals surface area contributed by atoms with Gasteiger partial charge in [-0.05, 0) is 30.3 Å². The van der Waals surface area contributed by atoms with E-state index in [4.69, 9.17) is 21.1 Å². The van der Waals surface area contributed by atoms with Crippen LogP contribution in [0.2, 0.25) is 5.02 Å². The number of rotatable bonds is 3. The number of hydrogen-bond donors (Lipinski definition) is 0. The fraction of sp³-hybridized carbons (Fsp3) is 0.304. The fourth-order valence-corrected chi connectivity index (χ4v) is 4.18. The summed E-state index contributed by atoms with van der Waals surface area (Å²) in [6.45, 7) is 1.55. The Morgan fingerprint density at radius 2 is 1.76 bits per heavy atom. The number of nitrogens with zero attached hydrogens (tertiary/aromatic N) is 4. The van der Waals surface area contributed by atoms with Crippen LogP contribution in [0.15, 0.2) is 53.6 Å². The largest absolute Gasteiger partial charge is 0.485 e. The molecule has 0 aliphatic carbocycles. The minimum absolute atomic E-state index is 0.116. The van der Waals surface area contributed by atoms with Gasteiger partial charge in [-0.3, -0.25) is 19.0 Å². The first-order chi connectivity index (χ1) is 16.0. The minimum atomic E-state index is -0.710. The Morgan fingerprint density at radius 1 is 1.03 bits per heavy atom. The van der Waals surface area contributed by atoms with Crippen molar-refractivity contribution in [3.63, 3.8) is 0 Å². The highest BCUT2D eigenvalue weighted by Crippen LogP contribution is 2.31. The van der Waals surface area contributed by atoms with Gasteiger partial charge in [0.2, 0.25) is 12.0 Å². The van der Waals surface area contributed by atoms with Gasteiger partial charge in [0, 0.05) is 31.2 Å². The van der Waals surface area contributed by atoms with Crippen LogP contribution in [0.3, 0.4) is 0 Å². The molecule has 170 valence electrons. The van der Waals surface area contributed by atoms with Crippen molar-refractivity contribution >= 4 is 34.3 Å². The molecular formula is C23H21ClN4O5. The summed E-state index contributed by atoms with van der Waals surface area (Å²) >= 11 is 5.95. The van der Waals surface area contributed by atoms with E-state index in [1.165, 1.54) is 10.9 Å². The zero-order valence-electron chi connectivity index (χ0n) is 17.6. The van der Waals surface area contributed by atoms with E-state index in [9.17, 15) is 14.4 Å². The lowest BCUT2D eigenvalue weighted by molar-refractivity contribution is -0.146. The highest BCUT2D eigenvalue weighted by molar-refractivity contribution is 6.31. The van der Waals surface area contributed by atoms with Crippen molar-refractivity contribution in [1.29, 1.82) is 0 Å². The SMILES string of the molecule is O=C(Cn1cnc2cc(Cl)ccc2c1=O)N1CCN(C(=O)[C@@H]2COc3ccccc3O2)CC1. The molecule has 3 heterocycles. The summed E-state index contributed by atoms with van der Waals surface area (Å²) in [6, 6.07) is 12.1. The van der Waals surface area contributed by atoms with Crippen molar-refractivity contribution in [3.05, 3.63) is 64.2 Å². The highest BCUT2D eigenvalue weighted by Gasteiger charge is 2.33. The number of benzene rings is 2. The lowest BCUT2D eigenvalue weighted by atomic mass is 10.2. The molecule has 0 spiro atoms. The van der Waals surface area contributed by atoms with Crippen LogP contribution in [0, 0.1) is 0 Å². The summed E-state index contributed by atoms with van der Waals surface area (Å²) in [4.78, 5) is 45.9. The Balaban J connectivity index is 1.19. The number of carbonyl (C=O) groups is 2. The lowest BCUT2D eigenvalue weighted by Gasteiger charge is -2.37. The molecule has 0 unspecified atom stereocenters. The lowest BCUT2D eigenvalue weighted by Crippen LogP contribution is -2.55. The predicted octanol–water partition coefficient (Wildman–Crippen LogP) is 1.56. The van der Waals surface area contributed by atoms with Crippen molar-refractivity contribution in [2.24, 2.45) is 0 Å². The molecule has 1 saturated heterocycles. The van der Waals surface area contributed by atoms with Crippen molar-refractivity contribution in [3.8, 4) is 11.5 Å². The first-order valence-electron chi connectivity index (χ1n) is 10.6. The van der Waals surface area contributed by atoms with E-state index < -0.39 is 6.10 Å². The molecule has 0 radical (unpaired) electrons. The van der Waals surface area contributed by atoms with Gasteiger partial charge in [-0.2, -0.15) is 0 Å². The third-order valence-corrected chi connectivity index (χ3v) is 6.06. The van der Waals surface area contributed by atoms with Gasteiger partial charge in [-0.15, -0.1) is 0 Å². The zero-order valence-corrected chi connectivity index (χ0v) is 18.4. The van der Waals surface area contributed by atoms with E-state index >= 15 is 0 Å². The average molecular weight is 469 g/mol. The number of ether oxygens (including phenoxy) is 2. The van der Waals surface area contributed by atoms with Crippen LogP contribution < -0.4 is 15.0 Å². The van der Waals surface area contributed by atoms with Gasteiger partial charge in [0.15, 0.2) is 11.5 Å². The van der Waals surface area contributed by atoms with Crippen LogP contribution in [0.1, 0.15) is 0 Å². The molecule has 33 heavy (non-hydrogen) atoms. The summed E-state index contributed by atoms with van der Waals surface area (Å²) in [5.41, 5.74) is 0.188. The number of fused-ring (bicyclic) bond motifs is 2. The van der Waals surface area contributed by atoms with Gasteiger partial charge in [0.25, 0.3) is 11.5 Å². The molecule has 10 heteroatoms. The van der Waals surface area contributed by atoms with Gasteiger partial charge >= 0.3 is 0 Å². The molecule has 0 saturated carbocycles. The Kier molecular flexibility index (Phi) is 5.63. The van der Waals surface area contributed by atoms with E-state index in [0.717, 1.165) is 0 Å². The van der Waals surface area contributed by atoms with E-state index in [1.54, 1.807) is 40.1 Å². The maximum absolute atomic E-state index is 12.9. The van der Waals surface area contributed by atoms with Gasteiger partial charge in [0.1, 0.15) is 13.2 Å². The Bertz CT molecular complexity index is 1290. The minimum Gasteiger partial charge on any atom is -0.485 e. The third-order valence-electron chi connectivity index (χ3n) is 5.82. The average Bonchev–Trinajstić information content (AvgIpc) is 2.85. The molecule has 2 amide bonds. The standard InChI is InChI=1S/C23H21ClN4O5/c24-15-5-6-16-17(11-15)25-14-28(22(16)30)12-21(29)26-7-9-27(10-8-26)23(31)20-13-32-18-3-1-2-4-19(18)33-20/h1-6,11,14,20H,7-10,12-13H2/t20-/m0/s1. The zero-order chi connectivity index (χ0) is 22.9. The van der Waals surface area contributed by atoms with Crippen molar-refractivity contribution < 1.29 is 19.1 Å². The molecule has 1 fully saturated rings. The predicted molar refractivity (Wildman–Crippen MR) is 121 cm³/mol. The number of amides is 2. The second kappa shape index (κ2) is 8.74. The van der Waals surface area contributed by atoms with Gasteiger partial charge in [-0.25, -0.2) is 4.98 Å². The van der Waals surface area contributed by atoms with Crippen molar-refractivity contribution in [2.45, 2.75) is 12.6 Å². The molecular weight excluding hydrogens is 448 g/mol. The van der Waals surface area contributed by atoms with E-state index in [-0.39, 0.29) is 30.5 Å². The Hall–Kier alpha value is -3.59. The summed E-state index contributed by atoms with van der Waals surface area (Å²) in [6.07, 6.45) is 0.648. The monoisotopic (exact) mass is 468 g/mol. The number of piperazine rings is 1. The maximum atomic E-state index is 12.9. The second-order valence-electron chi connectivity index (χ2n) is 7.91. The number of aromatic nitrogens is 2. The quantitative estimate of drug-likeness (QED) is 0.579. The van der Waals surface area contributed by atoms with E-state index in [1.807, 2.05) is 12.1 Å². The van der Waals surface area contributed by atoms with Crippen LogP contribution in [-0.2, 0) is 16.1 Å². The molecule has 0 N–H and O–H groups in total. The molecule has 0 bridgehead atoms. The van der Waals surface area contributed by atoms with Crippen molar-refractivity contribution in [1.82, 2.24) is 19.4 Å². The number of carbonyl (C=O) groups excluding carboxylic acids is 2. The van der Waals surface area contributed by atoms with Crippen LogP contribution in [0.5, 0.6) is 11.5 Å². The summed E-state index contributed by atoms with van der Waals surface area (Å²) < 4.78 is 12.7. The summed E-state index contributed by atoms with van der Waals surface area (Å²) in [7, 11) is 0. The molecule has 9 nitrogen and oxygen atoms in total. The Labute approximate surface area is 194 Å². The molecule has 2 aliphatic rings. The molecule has 2 aromatic carbocycles. The maximum Gasteiger partial charge on any atom is 0.267 e. The molecule has 2 aliphatic heterocycles. The molecule has 5 rings (SSSR count). The normalized spacial score (nSPS) is 17.8. The number of para-hydroxylation sites is 2. The van der Waals surface area contributed by atoms with E-state index in [2.05, 4.69) is 4.98 Å².